The number of pyridine rings is 1. The predicted molar refractivity (Wildman–Crippen MR) is 144 cm³/mol. The number of fused-ring (bicyclic) bond motifs is 1. The molecule has 2 atom stereocenters. The molecule has 204 valence electrons. The Labute approximate surface area is 228 Å². The molecule has 11 heteroatoms. The van der Waals surface area contributed by atoms with Crippen molar-refractivity contribution in [2.75, 3.05) is 6.73 Å². The minimum absolute atomic E-state index is 0.0395. The molecule has 1 aliphatic rings. The first kappa shape index (κ1) is 25.6. The number of nitrogens with one attached hydrogen (secondary N) is 1. The molecular formula is C29H27F2N7O2. The van der Waals surface area contributed by atoms with E-state index in [1.807, 2.05) is 6.07 Å². The van der Waals surface area contributed by atoms with Crippen LogP contribution in [-0.2, 0) is 4.79 Å². The number of ether oxygens (including phenoxy) is 1. The van der Waals surface area contributed by atoms with Crippen molar-refractivity contribution in [3.05, 3.63) is 78.3 Å². The number of amides is 1. The Kier molecular flexibility index (Phi) is 6.93. The fourth-order valence-electron chi connectivity index (χ4n) is 5.47. The zero-order valence-electron chi connectivity index (χ0n) is 21.8. The molecule has 3 heterocycles. The van der Waals surface area contributed by atoms with Crippen LogP contribution in [0.3, 0.4) is 0 Å². The van der Waals surface area contributed by atoms with Gasteiger partial charge in [0.2, 0.25) is 6.41 Å². The number of aryl methyl sites for hydroxylation is 1. The quantitative estimate of drug-likeness (QED) is 0.206. The Morgan fingerprint density at radius 2 is 2.02 bits per heavy atom. The Morgan fingerprint density at radius 3 is 2.80 bits per heavy atom. The van der Waals surface area contributed by atoms with Crippen LogP contribution in [0.2, 0.25) is 0 Å². The van der Waals surface area contributed by atoms with Gasteiger partial charge in [0.15, 0.2) is 12.6 Å². The third kappa shape index (κ3) is 4.90. The number of H-pyrrole nitrogens is 1. The van der Waals surface area contributed by atoms with E-state index in [4.69, 9.17) is 9.72 Å². The smallest absolute Gasteiger partial charge is 0.212 e. The van der Waals surface area contributed by atoms with Gasteiger partial charge in [-0.2, -0.15) is 5.10 Å². The van der Waals surface area contributed by atoms with Crippen molar-refractivity contribution in [2.45, 2.75) is 44.7 Å². The molecule has 6 rings (SSSR count). The third-order valence-electron chi connectivity index (χ3n) is 7.44. The van der Waals surface area contributed by atoms with Crippen molar-refractivity contribution in [3.8, 4) is 28.7 Å². The average molecular weight is 544 g/mol. The first-order chi connectivity index (χ1) is 19.5. The van der Waals surface area contributed by atoms with Crippen molar-refractivity contribution in [2.24, 2.45) is 0 Å². The van der Waals surface area contributed by atoms with Crippen molar-refractivity contribution in [1.82, 2.24) is 34.6 Å². The van der Waals surface area contributed by atoms with E-state index in [9.17, 15) is 9.18 Å². The topological polar surface area (TPSA) is 102 Å². The summed E-state index contributed by atoms with van der Waals surface area (Å²) < 4.78 is 36.5. The highest BCUT2D eigenvalue weighted by molar-refractivity contribution is 5.83. The van der Waals surface area contributed by atoms with E-state index >= 15 is 4.39 Å². The largest absolute Gasteiger partial charge is 0.473 e. The number of carbonyl (C=O) groups is 1. The summed E-state index contributed by atoms with van der Waals surface area (Å²) in [5, 5.41) is 6.76. The maximum atomic E-state index is 15.0. The van der Waals surface area contributed by atoms with Gasteiger partial charge in [-0.1, -0.05) is 12.1 Å². The van der Waals surface area contributed by atoms with E-state index in [2.05, 4.69) is 24.7 Å². The van der Waals surface area contributed by atoms with Crippen molar-refractivity contribution < 1.29 is 18.3 Å². The van der Waals surface area contributed by atoms with Gasteiger partial charge in [-0.25, -0.2) is 18.7 Å². The minimum Gasteiger partial charge on any atom is -0.473 e. The molecule has 40 heavy (non-hydrogen) atoms. The zero-order chi connectivity index (χ0) is 27.6. The third-order valence-corrected chi connectivity index (χ3v) is 7.44. The number of hydrogen-bond donors (Lipinski definition) is 1. The van der Waals surface area contributed by atoms with E-state index in [-0.39, 0.29) is 30.4 Å². The van der Waals surface area contributed by atoms with Gasteiger partial charge in [-0.05, 0) is 74.6 Å². The molecular weight excluding hydrogens is 516 g/mol. The van der Waals surface area contributed by atoms with Gasteiger partial charge in [-0.15, -0.1) is 0 Å². The van der Waals surface area contributed by atoms with Crippen LogP contribution < -0.4 is 4.74 Å². The van der Waals surface area contributed by atoms with Crippen LogP contribution >= 0.6 is 0 Å². The second-order valence-electron chi connectivity index (χ2n) is 9.95. The van der Waals surface area contributed by atoms with Crippen LogP contribution in [0.25, 0.3) is 33.9 Å². The number of rotatable bonds is 8. The number of aromatic amines is 1. The maximum Gasteiger partial charge on any atom is 0.212 e. The summed E-state index contributed by atoms with van der Waals surface area (Å²) >= 11 is 0. The van der Waals surface area contributed by atoms with Gasteiger partial charge < -0.3 is 14.2 Å². The second kappa shape index (κ2) is 10.8. The molecule has 2 unspecified atom stereocenters. The summed E-state index contributed by atoms with van der Waals surface area (Å²) in [5.41, 5.74) is 3.07. The summed E-state index contributed by atoms with van der Waals surface area (Å²) in [7, 11) is 0. The van der Waals surface area contributed by atoms with E-state index in [1.165, 1.54) is 24.5 Å². The fourth-order valence-corrected chi connectivity index (χ4v) is 5.47. The van der Waals surface area contributed by atoms with Crippen LogP contribution in [0.1, 0.15) is 37.3 Å². The van der Waals surface area contributed by atoms with E-state index in [0.29, 0.717) is 46.2 Å². The zero-order valence-corrected chi connectivity index (χ0v) is 21.8. The molecule has 1 amide bonds. The first-order valence-corrected chi connectivity index (χ1v) is 13.1. The average Bonchev–Trinajstić information content (AvgIpc) is 3.63. The maximum absolute atomic E-state index is 15.0. The van der Waals surface area contributed by atoms with Crippen LogP contribution in [-0.4, -0.2) is 53.8 Å². The normalized spacial score (nSPS) is 17.2. The highest BCUT2D eigenvalue weighted by atomic mass is 19.1. The molecule has 9 nitrogen and oxygen atoms in total. The van der Waals surface area contributed by atoms with Gasteiger partial charge in [0, 0.05) is 12.1 Å². The Bertz CT molecular complexity index is 1650. The molecule has 5 aromatic rings. The Hall–Kier alpha value is -4.67. The summed E-state index contributed by atoms with van der Waals surface area (Å²) in [6.07, 6.45) is 6.97. The molecule has 1 fully saturated rings. The number of hydrogen-bond acceptors (Lipinski definition) is 6. The predicted octanol–water partition coefficient (Wildman–Crippen LogP) is 5.45. The van der Waals surface area contributed by atoms with Crippen LogP contribution in [0.15, 0.2) is 61.1 Å². The van der Waals surface area contributed by atoms with Crippen molar-refractivity contribution in [3.63, 3.8) is 0 Å². The van der Waals surface area contributed by atoms with Gasteiger partial charge in [-0.3, -0.25) is 14.9 Å². The minimum atomic E-state index is -0.368. The summed E-state index contributed by atoms with van der Waals surface area (Å²) in [5.74, 6) is 0.838. The molecule has 2 aromatic carbocycles. The van der Waals surface area contributed by atoms with Gasteiger partial charge in [0.1, 0.15) is 40.7 Å². The molecule has 0 spiro atoms. The number of benzene rings is 2. The molecule has 0 bridgehead atoms. The molecule has 1 aliphatic carbocycles. The Balaban J connectivity index is 1.35. The van der Waals surface area contributed by atoms with Crippen LogP contribution in [0.5, 0.6) is 5.75 Å². The lowest BCUT2D eigenvalue weighted by Crippen LogP contribution is -2.40. The molecule has 1 N–H and O–H groups in total. The monoisotopic (exact) mass is 543 g/mol. The standard InChI is InChI=1S/C29H27F2N7O2/c1-18-11-19(30)9-10-27(18)40-17-37(16-39)20-5-4-6-21(12-20)38-26-13-24(28-33-15-34-36-28)32-14-25(26)35-29(38)22-7-2-3-8-23(22)31/h2-3,7-11,13-16,20-21H,4-6,12,17H2,1H3,(H,33,34,36). The molecule has 0 aliphatic heterocycles. The summed E-state index contributed by atoms with van der Waals surface area (Å²) in [6, 6.07) is 12.6. The van der Waals surface area contributed by atoms with Crippen LogP contribution in [0, 0.1) is 18.6 Å². The SMILES string of the molecule is Cc1cc(F)ccc1OCN(C=O)C1CCCC(n2c(-c3ccccc3F)nc3cnc(-c4ncn[nH]4)cc32)C1. The molecule has 0 radical (unpaired) electrons. The molecule has 0 saturated heterocycles. The lowest BCUT2D eigenvalue weighted by Gasteiger charge is -2.36. The molecule has 1 saturated carbocycles. The first-order valence-electron chi connectivity index (χ1n) is 13.1. The number of nitrogens with zero attached hydrogens (tertiary/aromatic N) is 6. The highest BCUT2D eigenvalue weighted by Crippen LogP contribution is 2.38. The number of aromatic nitrogens is 6. The van der Waals surface area contributed by atoms with Crippen molar-refractivity contribution >= 4 is 17.4 Å². The van der Waals surface area contributed by atoms with Crippen molar-refractivity contribution in [1.29, 1.82) is 0 Å². The molecule has 3 aromatic heterocycles. The summed E-state index contributed by atoms with van der Waals surface area (Å²) in [4.78, 5) is 27.3. The highest BCUT2D eigenvalue weighted by Gasteiger charge is 2.31. The summed E-state index contributed by atoms with van der Waals surface area (Å²) in [6.45, 7) is 1.80. The van der Waals surface area contributed by atoms with Gasteiger partial charge >= 0.3 is 0 Å². The lowest BCUT2D eigenvalue weighted by molar-refractivity contribution is -0.124. The van der Waals surface area contributed by atoms with Gasteiger partial charge in [0.25, 0.3) is 0 Å². The van der Waals surface area contributed by atoms with Gasteiger partial charge in [0.05, 0.1) is 17.3 Å². The van der Waals surface area contributed by atoms with E-state index < -0.39 is 0 Å². The number of carbonyl (C=O) groups excluding carboxylic acids is 1. The van der Waals surface area contributed by atoms with E-state index in [1.54, 1.807) is 42.3 Å². The Morgan fingerprint density at radius 1 is 1.15 bits per heavy atom. The van der Waals surface area contributed by atoms with E-state index in [0.717, 1.165) is 31.2 Å². The second-order valence-corrected chi connectivity index (χ2v) is 9.95. The van der Waals surface area contributed by atoms with Crippen LogP contribution in [0.4, 0.5) is 8.78 Å². The lowest BCUT2D eigenvalue weighted by atomic mass is 9.89. The fraction of sp³-hybridized carbons (Fsp3) is 0.276. The number of halogens is 2. The number of imidazole rings is 1.